The molecule has 100 valence electrons. The van der Waals surface area contributed by atoms with Crippen LogP contribution in [0.25, 0.3) is 10.9 Å². The summed E-state index contributed by atoms with van der Waals surface area (Å²) in [5.74, 6) is 0.395. The van der Waals surface area contributed by atoms with E-state index in [0.29, 0.717) is 29.0 Å². The first kappa shape index (κ1) is 12.3. The van der Waals surface area contributed by atoms with Gasteiger partial charge in [0.05, 0.1) is 30.7 Å². The van der Waals surface area contributed by atoms with Crippen LogP contribution in [0.2, 0.25) is 0 Å². The molecule has 3 rings (SSSR count). The molecular formula is C13H13FN2O3. The molecular weight excluding hydrogens is 251 g/mol. The zero-order valence-electron chi connectivity index (χ0n) is 10.3. The van der Waals surface area contributed by atoms with Gasteiger partial charge in [-0.1, -0.05) is 0 Å². The van der Waals surface area contributed by atoms with Gasteiger partial charge in [-0.25, -0.2) is 9.37 Å². The molecule has 5 nitrogen and oxygen atoms in total. The van der Waals surface area contributed by atoms with Gasteiger partial charge in [0.1, 0.15) is 11.9 Å². The van der Waals surface area contributed by atoms with Crippen LogP contribution in [-0.4, -0.2) is 34.9 Å². The molecule has 2 aromatic rings. The average Bonchev–Trinajstić information content (AvgIpc) is 2.84. The molecule has 2 heterocycles. The number of fused-ring (bicyclic) bond motifs is 1. The fourth-order valence-electron chi connectivity index (χ4n) is 2.18. The summed E-state index contributed by atoms with van der Waals surface area (Å²) in [5.41, 5.74) is 0.591. The smallest absolute Gasteiger partial charge is 0.224 e. The fraction of sp³-hybridized carbons (Fsp3) is 0.385. The molecule has 1 aromatic heterocycles. The van der Waals surface area contributed by atoms with E-state index in [0.717, 1.165) is 0 Å². The molecule has 0 saturated carbocycles. The van der Waals surface area contributed by atoms with E-state index < -0.39 is 6.10 Å². The number of hydrogen-bond donors (Lipinski definition) is 1. The van der Waals surface area contributed by atoms with Gasteiger partial charge in [-0.3, -0.25) is 0 Å². The zero-order valence-corrected chi connectivity index (χ0v) is 10.3. The molecule has 0 radical (unpaired) electrons. The summed E-state index contributed by atoms with van der Waals surface area (Å²) >= 11 is 0. The summed E-state index contributed by atoms with van der Waals surface area (Å²) in [6.07, 6.45) is -0.391. The van der Waals surface area contributed by atoms with E-state index in [-0.39, 0.29) is 18.5 Å². The van der Waals surface area contributed by atoms with Crippen LogP contribution in [0.5, 0.6) is 5.88 Å². The number of hydrogen-bond acceptors (Lipinski definition) is 5. The summed E-state index contributed by atoms with van der Waals surface area (Å²) in [4.78, 5) is 8.59. The second kappa shape index (κ2) is 4.71. The van der Waals surface area contributed by atoms with Gasteiger partial charge in [-0.05, 0) is 18.2 Å². The second-order valence-corrected chi connectivity index (χ2v) is 4.46. The fourth-order valence-corrected chi connectivity index (χ4v) is 2.18. The second-order valence-electron chi connectivity index (χ2n) is 4.46. The molecule has 1 aromatic carbocycles. The van der Waals surface area contributed by atoms with Crippen LogP contribution >= 0.6 is 0 Å². The van der Waals surface area contributed by atoms with Crippen molar-refractivity contribution in [2.45, 2.75) is 18.6 Å². The molecule has 0 aliphatic carbocycles. The molecule has 2 atom stereocenters. The minimum Gasteiger partial charge on any atom is -0.480 e. The quantitative estimate of drug-likeness (QED) is 0.892. The van der Waals surface area contributed by atoms with Crippen molar-refractivity contribution in [3.8, 4) is 5.88 Å². The van der Waals surface area contributed by atoms with Crippen molar-refractivity contribution in [3.05, 3.63) is 29.8 Å². The predicted molar refractivity (Wildman–Crippen MR) is 65.4 cm³/mol. The molecule has 1 aliphatic rings. The van der Waals surface area contributed by atoms with E-state index >= 15 is 0 Å². The summed E-state index contributed by atoms with van der Waals surface area (Å²) in [6, 6.07) is 4.24. The molecule has 6 heteroatoms. The number of aliphatic hydroxyl groups excluding tert-OH is 1. The van der Waals surface area contributed by atoms with Gasteiger partial charge in [0, 0.05) is 6.42 Å². The topological polar surface area (TPSA) is 64.5 Å². The van der Waals surface area contributed by atoms with Crippen LogP contribution in [0.3, 0.4) is 0 Å². The number of nitrogens with zero attached hydrogens (tertiary/aromatic N) is 2. The summed E-state index contributed by atoms with van der Waals surface area (Å²) in [5, 5.41) is 9.99. The summed E-state index contributed by atoms with van der Waals surface area (Å²) in [7, 11) is 1.47. The number of aliphatic hydroxyl groups is 1. The first-order valence-corrected chi connectivity index (χ1v) is 5.98. The van der Waals surface area contributed by atoms with Crippen LogP contribution in [0.15, 0.2) is 18.2 Å². The van der Waals surface area contributed by atoms with Crippen LogP contribution in [0, 0.1) is 5.82 Å². The molecule has 19 heavy (non-hydrogen) atoms. The van der Waals surface area contributed by atoms with Gasteiger partial charge >= 0.3 is 0 Å². The molecule has 0 bridgehead atoms. The highest BCUT2D eigenvalue weighted by atomic mass is 19.1. The Kier molecular flexibility index (Phi) is 3.04. The highest BCUT2D eigenvalue weighted by molar-refractivity contribution is 5.83. The monoisotopic (exact) mass is 264 g/mol. The Hall–Kier alpha value is -1.79. The third-order valence-electron chi connectivity index (χ3n) is 3.10. The zero-order chi connectivity index (χ0) is 13.4. The third-order valence-corrected chi connectivity index (χ3v) is 3.10. The first-order chi connectivity index (χ1) is 9.17. The van der Waals surface area contributed by atoms with E-state index in [1.54, 1.807) is 6.07 Å². The number of ether oxygens (including phenoxy) is 2. The number of aromatic nitrogens is 2. The summed E-state index contributed by atoms with van der Waals surface area (Å²) in [6.45, 7) is 0.276. The van der Waals surface area contributed by atoms with Crippen molar-refractivity contribution < 1.29 is 19.0 Å². The number of rotatable bonds is 2. The lowest BCUT2D eigenvalue weighted by molar-refractivity contribution is 0.0843. The lowest BCUT2D eigenvalue weighted by atomic mass is 10.2. The third kappa shape index (κ3) is 2.24. The lowest BCUT2D eigenvalue weighted by Gasteiger charge is -2.11. The molecule has 2 unspecified atom stereocenters. The number of benzene rings is 1. The Morgan fingerprint density at radius 1 is 1.42 bits per heavy atom. The van der Waals surface area contributed by atoms with Crippen molar-refractivity contribution in [1.82, 2.24) is 9.97 Å². The number of methoxy groups -OCH3 is 1. The Morgan fingerprint density at radius 3 is 2.95 bits per heavy atom. The number of halogens is 1. The molecule has 0 amide bonds. The maximum Gasteiger partial charge on any atom is 0.224 e. The van der Waals surface area contributed by atoms with Gasteiger partial charge in [-0.2, -0.15) is 4.98 Å². The predicted octanol–water partition coefficient (Wildman–Crippen LogP) is 1.60. The minimum absolute atomic E-state index is 0.276. The average molecular weight is 264 g/mol. The SMILES string of the molecule is COc1nc(C2CC(O)CO2)nc2ccc(F)cc12. The molecule has 0 spiro atoms. The van der Waals surface area contributed by atoms with E-state index in [1.807, 2.05) is 0 Å². The summed E-state index contributed by atoms with van der Waals surface area (Å²) < 4.78 is 23.8. The highest BCUT2D eigenvalue weighted by Gasteiger charge is 2.28. The largest absolute Gasteiger partial charge is 0.480 e. The standard InChI is InChI=1S/C13H13FN2O3/c1-18-13-9-4-7(14)2-3-10(9)15-12(16-13)11-5-8(17)6-19-11/h2-4,8,11,17H,5-6H2,1H3. The van der Waals surface area contributed by atoms with Crippen molar-refractivity contribution in [2.24, 2.45) is 0 Å². The van der Waals surface area contributed by atoms with Crippen LogP contribution in [0.4, 0.5) is 4.39 Å². The van der Waals surface area contributed by atoms with E-state index in [9.17, 15) is 9.50 Å². The van der Waals surface area contributed by atoms with Crippen molar-refractivity contribution >= 4 is 10.9 Å². The lowest BCUT2D eigenvalue weighted by Crippen LogP contribution is -2.06. The van der Waals surface area contributed by atoms with Gasteiger partial charge in [0.2, 0.25) is 5.88 Å². The normalized spacial score (nSPS) is 22.9. The maximum atomic E-state index is 13.2. The van der Waals surface area contributed by atoms with Crippen LogP contribution < -0.4 is 4.74 Å². The van der Waals surface area contributed by atoms with E-state index in [1.165, 1.54) is 19.2 Å². The Bertz CT molecular complexity index is 620. The Balaban J connectivity index is 2.09. The molecule has 1 aliphatic heterocycles. The van der Waals surface area contributed by atoms with Gasteiger partial charge < -0.3 is 14.6 Å². The van der Waals surface area contributed by atoms with Crippen molar-refractivity contribution in [1.29, 1.82) is 0 Å². The van der Waals surface area contributed by atoms with Gasteiger partial charge in [0.25, 0.3) is 0 Å². The molecule has 1 saturated heterocycles. The van der Waals surface area contributed by atoms with Crippen molar-refractivity contribution in [2.75, 3.05) is 13.7 Å². The Labute approximate surface area is 109 Å². The first-order valence-electron chi connectivity index (χ1n) is 5.98. The van der Waals surface area contributed by atoms with Crippen molar-refractivity contribution in [3.63, 3.8) is 0 Å². The maximum absolute atomic E-state index is 13.2. The van der Waals surface area contributed by atoms with Gasteiger partial charge in [-0.15, -0.1) is 0 Å². The highest BCUT2D eigenvalue weighted by Crippen LogP contribution is 2.30. The van der Waals surface area contributed by atoms with E-state index in [4.69, 9.17) is 9.47 Å². The Morgan fingerprint density at radius 2 is 2.26 bits per heavy atom. The van der Waals surface area contributed by atoms with Gasteiger partial charge in [0.15, 0.2) is 5.82 Å². The van der Waals surface area contributed by atoms with Crippen LogP contribution in [-0.2, 0) is 4.74 Å². The van der Waals surface area contributed by atoms with E-state index in [2.05, 4.69) is 9.97 Å². The minimum atomic E-state index is -0.497. The van der Waals surface area contributed by atoms with Crippen LogP contribution in [0.1, 0.15) is 18.3 Å². The molecule has 1 fully saturated rings. The molecule has 1 N–H and O–H groups in total.